The molecular weight excluding hydrogens is 338 g/mol. The number of hydrogen-bond acceptors (Lipinski definition) is 3. The second kappa shape index (κ2) is 6.86. The van der Waals surface area contributed by atoms with Crippen LogP contribution in [0.15, 0.2) is 48.7 Å². The molecule has 0 bridgehead atoms. The first kappa shape index (κ1) is 16.1. The summed E-state index contributed by atoms with van der Waals surface area (Å²) in [5.41, 5.74) is 2.80. The molecule has 6 heteroatoms. The maximum Gasteiger partial charge on any atom is 0.272 e. The van der Waals surface area contributed by atoms with Crippen molar-refractivity contribution in [1.82, 2.24) is 14.7 Å². The molecule has 1 unspecified atom stereocenters. The number of aromatic nitrogens is 2. The Morgan fingerprint density at radius 1 is 1.28 bits per heavy atom. The predicted molar refractivity (Wildman–Crippen MR) is 96.9 cm³/mol. The van der Waals surface area contributed by atoms with E-state index in [0.29, 0.717) is 17.3 Å². The largest absolute Gasteiger partial charge is 0.376 e. The van der Waals surface area contributed by atoms with Gasteiger partial charge < -0.3 is 10.1 Å². The average molecular weight is 356 g/mol. The second-order valence-electron chi connectivity index (χ2n) is 6.09. The van der Waals surface area contributed by atoms with E-state index in [-0.39, 0.29) is 12.0 Å². The number of nitrogens with zero attached hydrogens (tertiary/aromatic N) is 2. The summed E-state index contributed by atoms with van der Waals surface area (Å²) in [4.78, 5) is 17.3. The zero-order valence-electron chi connectivity index (χ0n) is 13.6. The Balaban J connectivity index is 1.70. The summed E-state index contributed by atoms with van der Waals surface area (Å²) in [5.74, 6) is -0.191. The maximum absolute atomic E-state index is 12.8. The lowest BCUT2D eigenvalue weighted by Gasteiger charge is -2.11. The molecule has 0 aliphatic carbocycles. The minimum atomic E-state index is -0.191. The quantitative estimate of drug-likeness (QED) is 0.778. The molecule has 1 amide bonds. The molecule has 1 aromatic carbocycles. The number of pyridine rings is 1. The highest BCUT2D eigenvalue weighted by Crippen LogP contribution is 2.26. The number of hydrogen-bond donors (Lipinski definition) is 1. The number of benzene rings is 1. The number of ether oxygens (including phenoxy) is 1. The summed E-state index contributed by atoms with van der Waals surface area (Å²) in [6, 6.07) is 13.1. The lowest BCUT2D eigenvalue weighted by atomic mass is 10.1. The molecule has 4 rings (SSSR count). The smallest absolute Gasteiger partial charge is 0.272 e. The normalized spacial score (nSPS) is 17.1. The number of carbonyl (C=O) groups is 1. The summed E-state index contributed by atoms with van der Waals surface area (Å²) in [7, 11) is 0. The van der Waals surface area contributed by atoms with Crippen molar-refractivity contribution in [3.05, 3.63) is 59.4 Å². The first-order valence-corrected chi connectivity index (χ1v) is 8.73. The predicted octanol–water partition coefficient (Wildman–Crippen LogP) is 3.56. The van der Waals surface area contributed by atoms with Crippen molar-refractivity contribution in [3.8, 4) is 11.3 Å². The Morgan fingerprint density at radius 2 is 2.12 bits per heavy atom. The molecule has 0 saturated carbocycles. The van der Waals surface area contributed by atoms with Gasteiger partial charge in [-0.15, -0.1) is 0 Å². The van der Waals surface area contributed by atoms with E-state index in [4.69, 9.17) is 16.3 Å². The molecule has 1 saturated heterocycles. The minimum absolute atomic E-state index is 0.0972. The molecule has 3 aromatic rings. The molecule has 3 heterocycles. The molecule has 1 fully saturated rings. The van der Waals surface area contributed by atoms with Gasteiger partial charge in [0, 0.05) is 29.9 Å². The van der Waals surface area contributed by atoms with Crippen LogP contribution in [0, 0.1) is 0 Å². The number of carbonyl (C=O) groups excluding carboxylic acids is 1. The van der Waals surface area contributed by atoms with Crippen LogP contribution in [-0.2, 0) is 4.74 Å². The fourth-order valence-electron chi connectivity index (χ4n) is 3.13. The first-order valence-electron chi connectivity index (χ1n) is 8.35. The highest BCUT2D eigenvalue weighted by atomic mass is 35.5. The molecule has 0 spiro atoms. The van der Waals surface area contributed by atoms with Crippen molar-refractivity contribution < 1.29 is 9.53 Å². The van der Waals surface area contributed by atoms with E-state index in [2.05, 4.69) is 10.3 Å². The molecule has 25 heavy (non-hydrogen) atoms. The zero-order chi connectivity index (χ0) is 17.2. The van der Waals surface area contributed by atoms with Crippen LogP contribution >= 0.6 is 11.6 Å². The Hall–Kier alpha value is -2.37. The van der Waals surface area contributed by atoms with E-state index in [9.17, 15) is 4.79 Å². The van der Waals surface area contributed by atoms with E-state index in [1.807, 2.05) is 53.1 Å². The Morgan fingerprint density at radius 3 is 2.88 bits per heavy atom. The number of rotatable bonds is 4. The second-order valence-corrected chi connectivity index (χ2v) is 6.53. The van der Waals surface area contributed by atoms with Crippen molar-refractivity contribution in [2.75, 3.05) is 13.2 Å². The van der Waals surface area contributed by atoms with Crippen LogP contribution in [-0.4, -0.2) is 34.5 Å². The summed E-state index contributed by atoms with van der Waals surface area (Å²) >= 11 is 6.00. The fraction of sp³-hybridized carbons (Fsp3) is 0.263. The number of imidazole rings is 1. The molecule has 1 N–H and O–H groups in total. The number of halogens is 1. The first-order chi connectivity index (χ1) is 12.2. The zero-order valence-corrected chi connectivity index (χ0v) is 14.4. The number of amides is 1. The monoisotopic (exact) mass is 355 g/mol. The van der Waals surface area contributed by atoms with Crippen LogP contribution in [0.25, 0.3) is 16.9 Å². The lowest BCUT2D eigenvalue weighted by molar-refractivity contribution is 0.0855. The van der Waals surface area contributed by atoms with E-state index >= 15 is 0 Å². The standard InChI is InChI=1S/C19H18ClN3O2/c20-14-8-6-13(7-9-14)18-17(22-16-5-1-2-10-23(16)18)19(24)21-12-15-4-3-11-25-15/h1-2,5-10,15H,3-4,11-12H2,(H,21,24). The molecule has 0 radical (unpaired) electrons. The van der Waals surface area contributed by atoms with Gasteiger partial charge in [0.15, 0.2) is 5.69 Å². The molecular formula is C19H18ClN3O2. The highest BCUT2D eigenvalue weighted by molar-refractivity contribution is 6.30. The molecule has 1 atom stereocenters. The third kappa shape index (κ3) is 3.25. The third-order valence-electron chi connectivity index (χ3n) is 4.38. The van der Waals surface area contributed by atoms with Gasteiger partial charge in [-0.1, -0.05) is 29.8 Å². The summed E-state index contributed by atoms with van der Waals surface area (Å²) in [6.45, 7) is 1.28. The van der Waals surface area contributed by atoms with Gasteiger partial charge in [0.05, 0.1) is 11.8 Å². The molecule has 2 aromatic heterocycles. The van der Waals surface area contributed by atoms with Crippen LogP contribution < -0.4 is 5.32 Å². The van der Waals surface area contributed by atoms with Gasteiger partial charge in [0.2, 0.25) is 0 Å². The van der Waals surface area contributed by atoms with Gasteiger partial charge in [-0.2, -0.15) is 0 Å². The van der Waals surface area contributed by atoms with Crippen molar-refractivity contribution in [3.63, 3.8) is 0 Å². The Bertz CT molecular complexity index is 899. The van der Waals surface area contributed by atoms with Crippen LogP contribution in [0.2, 0.25) is 5.02 Å². The van der Waals surface area contributed by atoms with Gasteiger partial charge in [0.1, 0.15) is 5.65 Å². The number of nitrogens with one attached hydrogen (secondary N) is 1. The molecule has 5 nitrogen and oxygen atoms in total. The van der Waals surface area contributed by atoms with Crippen LogP contribution in [0.5, 0.6) is 0 Å². The van der Waals surface area contributed by atoms with Gasteiger partial charge >= 0.3 is 0 Å². The third-order valence-corrected chi connectivity index (χ3v) is 4.63. The minimum Gasteiger partial charge on any atom is -0.376 e. The Labute approximate surface area is 150 Å². The van der Waals surface area contributed by atoms with Gasteiger partial charge in [-0.25, -0.2) is 4.98 Å². The van der Waals surface area contributed by atoms with E-state index in [1.54, 1.807) is 0 Å². The topological polar surface area (TPSA) is 55.6 Å². The van der Waals surface area contributed by atoms with Crippen LogP contribution in [0.1, 0.15) is 23.3 Å². The van der Waals surface area contributed by atoms with E-state index in [0.717, 1.165) is 36.4 Å². The fourth-order valence-corrected chi connectivity index (χ4v) is 3.26. The van der Waals surface area contributed by atoms with Gasteiger partial charge in [-0.05, 0) is 37.1 Å². The van der Waals surface area contributed by atoms with Crippen molar-refractivity contribution in [1.29, 1.82) is 0 Å². The Kier molecular flexibility index (Phi) is 4.42. The van der Waals surface area contributed by atoms with Crippen LogP contribution in [0.3, 0.4) is 0 Å². The summed E-state index contributed by atoms with van der Waals surface area (Å²) < 4.78 is 7.49. The van der Waals surface area contributed by atoms with Crippen molar-refractivity contribution in [2.24, 2.45) is 0 Å². The molecule has 128 valence electrons. The molecule has 1 aliphatic heterocycles. The summed E-state index contributed by atoms with van der Waals surface area (Å²) in [6.07, 6.45) is 4.03. The lowest BCUT2D eigenvalue weighted by Crippen LogP contribution is -2.32. The highest BCUT2D eigenvalue weighted by Gasteiger charge is 2.22. The van der Waals surface area contributed by atoms with Crippen LogP contribution in [0.4, 0.5) is 0 Å². The SMILES string of the molecule is O=C(NCC1CCCO1)c1nc2ccccn2c1-c1ccc(Cl)cc1. The molecule has 1 aliphatic rings. The summed E-state index contributed by atoms with van der Waals surface area (Å²) in [5, 5.41) is 3.61. The van der Waals surface area contributed by atoms with Gasteiger partial charge in [0.25, 0.3) is 5.91 Å². The van der Waals surface area contributed by atoms with E-state index in [1.165, 1.54) is 0 Å². The van der Waals surface area contributed by atoms with Crippen molar-refractivity contribution >= 4 is 23.2 Å². The van der Waals surface area contributed by atoms with E-state index < -0.39 is 0 Å². The van der Waals surface area contributed by atoms with Crippen molar-refractivity contribution in [2.45, 2.75) is 18.9 Å². The average Bonchev–Trinajstić information content (AvgIpc) is 3.28. The number of fused-ring (bicyclic) bond motifs is 1. The maximum atomic E-state index is 12.8. The van der Waals surface area contributed by atoms with Gasteiger partial charge in [-0.3, -0.25) is 9.20 Å².